The van der Waals surface area contributed by atoms with Gasteiger partial charge in [0.05, 0.1) is 6.61 Å². The number of carbonyl (C=O) groups excluding carboxylic acids is 1. The van der Waals surface area contributed by atoms with Gasteiger partial charge in [0.15, 0.2) is 0 Å². The molecule has 0 saturated carbocycles. The first-order valence-electron chi connectivity index (χ1n) is 7.09. The Bertz CT molecular complexity index is 200. The highest BCUT2D eigenvalue weighted by Crippen LogP contribution is 2.08. The molecule has 0 N–H and O–H groups in total. The van der Waals surface area contributed by atoms with Gasteiger partial charge in [-0.2, -0.15) is 0 Å². The van der Waals surface area contributed by atoms with E-state index >= 15 is 0 Å². The van der Waals surface area contributed by atoms with Crippen molar-refractivity contribution in [2.24, 2.45) is 0 Å². The molecule has 0 aliphatic carbocycles. The first-order valence-corrected chi connectivity index (χ1v) is 8.21. The van der Waals surface area contributed by atoms with Gasteiger partial charge in [-0.25, -0.2) is 0 Å². The Balaban J connectivity index is 3.67. The molecule has 0 aliphatic heterocycles. The molecule has 18 heavy (non-hydrogen) atoms. The van der Waals surface area contributed by atoms with Gasteiger partial charge in [-0.05, 0) is 6.42 Å². The van der Waals surface area contributed by atoms with Crippen LogP contribution in [0.15, 0.2) is 0 Å². The van der Waals surface area contributed by atoms with Crippen LogP contribution in [-0.2, 0) is 9.53 Å². The summed E-state index contributed by atoms with van der Waals surface area (Å²) >= 11 is 3.39. The van der Waals surface area contributed by atoms with Crippen LogP contribution in [0.2, 0.25) is 0 Å². The molecule has 0 bridgehead atoms. The summed E-state index contributed by atoms with van der Waals surface area (Å²) in [6, 6.07) is 0. The van der Waals surface area contributed by atoms with Gasteiger partial charge >= 0.3 is 0 Å². The molecule has 0 saturated heterocycles. The van der Waals surface area contributed by atoms with E-state index in [0.717, 1.165) is 18.3 Å². The summed E-state index contributed by atoms with van der Waals surface area (Å²) in [5.41, 5.74) is 0. The lowest BCUT2D eigenvalue weighted by atomic mass is 10.1. The van der Waals surface area contributed by atoms with E-state index in [1.165, 1.54) is 32.1 Å². The fourth-order valence-electron chi connectivity index (χ4n) is 1.88. The molecule has 0 atom stereocenters. The third-order valence-electron chi connectivity index (χ3n) is 3.02. The second kappa shape index (κ2) is 13.3. The lowest BCUT2D eigenvalue weighted by Crippen LogP contribution is -2.35. The molecule has 0 rings (SSSR count). The molecule has 0 aromatic rings. The smallest absolute Gasteiger partial charge is 0.222 e. The molecule has 4 heteroatoms. The number of ether oxygens (including phenoxy) is 1. The SMILES string of the molecule is CCCCCCCCC(=O)N(CCBr)CCOC. The number of hydrogen-bond acceptors (Lipinski definition) is 2. The molecular formula is C14H28BrNO2. The molecule has 0 aromatic carbocycles. The Hall–Kier alpha value is -0.0900. The Kier molecular flexibility index (Phi) is 13.3. The first kappa shape index (κ1) is 17.9. The fourth-order valence-corrected chi connectivity index (χ4v) is 2.31. The molecule has 0 fully saturated rings. The summed E-state index contributed by atoms with van der Waals surface area (Å²) in [7, 11) is 1.67. The fraction of sp³-hybridized carbons (Fsp3) is 0.929. The Morgan fingerprint density at radius 1 is 1.11 bits per heavy atom. The van der Waals surface area contributed by atoms with E-state index < -0.39 is 0 Å². The highest BCUT2D eigenvalue weighted by Gasteiger charge is 2.11. The highest BCUT2D eigenvalue weighted by atomic mass is 79.9. The van der Waals surface area contributed by atoms with Crippen molar-refractivity contribution in [3.8, 4) is 0 Å². The number of hydrogen-bond donors (Lipinski definition) is 0. The number of carbonyl (C=O) groups is 1. The quantitative estimate of drug-likeness (QED) is 0.406. The second-order valence-corrected chi connectivity index (χ2v) is 5.37. The van der Waals surface area contributed by atoms with Crippen molar-refractivity contribution in [3.05, 3.63) is 0 Å². The summed E-state index contributed by atoms with van der Waals surface area (Å²) < 4.78 is 5.03. The highest BCUT2D eigenvalue weighted by molar-refractivity contribution is 9.09. The van der Waals surface area contributed by atoms with Gasteiger partial charge in [0.1, 0.15) is 0 Å². The van der Waals surface area contributed by atoms with Crippen LogP contribution in [0, 0.1) is 0 Å². The number of unbranched alkanes of at least 4 members (excludes halogenated alkanes) is 5. The number of rotatable bonds is 12. The van der Waals surface area contributed by atoms with E-state index in [1.807, 2.05) is 4.90 Å². The number of methoxy groups -OCH3 is 1. The molecule has 0 heterocycles. The van der Waals surface area contributed by atoms with Crippen LogP contribution in [0.1, 0.15) is 51.9 Å². The van der Waals surface area contributed by atoms with Gasteiger partial charge in [0.25, 0.3) is 0 Å². The Labute approximate surface area is 120 Å². The van der Waals surface area contributed by atoms with Crippen LogP contribution in [0.3, 0.4) is 0 Å². The second-order valence-electron chi connectivity index (χ2n) is 4.58. The van der Waals surface area contributed by atoms with Gasteiger partial charge in [-0.1, -0.05) is 55.0 Å². The minimum Gasteiger partial charge on any atom is -0.383 e. The monoisotopic (exact) mass is 321 g/mol. The van der Waals surface area contributed by atoms with Crippen LogP contribution in [0.4, 0.5) is 0 Å². The number of halogens is 1. The van der Waals surface area contributed by atoms with Crippen molar-refractivity contribution < 1.29 is 9.53 Å². The largest absolute Gasteiger partial charge is 0.383 e. The maximum absolute atomic E-state index is 12.0. The lowest BCUT2D eigenvalue weighted by Gasteiger charge is -2.21. The van der Waals surface area contributed by atoms with Crippen LogP contribution in [0.25, 0.3) is 0 Å². The zero-order valence-electron chi connectivity index (χ0n) is 11.9. The molecule has 0 aromatic heterocycles. The van der Waals surface area contributed by atoms with Gasteiger partial charge in [0, 0.05) is 32.0 Å². The van der Waals surface area contributed by atoms with E-state index in [0.29, 0.717) is 19.6 Å². The predicted molar refractivity (Wildman–Crippen MR) is 80.2 cm³/mol. The van der Waals surface area contributed by atoms with E-state index in [9.17, 15) is 4.79 Å². The van der Waals surface area contributed by atoms with Gasteiger partial charge in [-0.15, -0.1) is 0 Å². The maximum Gasteiger partial charge on any atom is 0.222 e. The zero-order chi connectivity index (χ0) is 13.6. The Morgan fingerprint density at radius 2 is 1.78 bits per heavy atom. The van der Waals surface area contributed by atoms with Crippen molar-refractivity contribution in [2.75, 3.05) is 32.1 Å². The summed E-state index contributed by atoms with van der Waals surface area (Å²) in [4.78, 5) is 13.9. The minimum absolute atomic E-state index is 0.266. The first-order chi connectivity index (χ1) is 8.76. The van der Waals surface area contributed by atoms with Gasteiger partial charge in [-0.3, -0.25) is 4.79 Å². The summed E-state index contributed by atoms with van der Waals surface area (Å²) in [5.74, 6) is 0.266. The molecule has 0 radical (unpaired) electrons. The lowest BCUT2D eigenvalue weighted by molar-refractivity contribution is -0.131. The van der Waals surface area contributed by atoms with Crippen molar-refractivity contribution >= 4 is 21.8 Å². The topological polar surface area (TPSA) is 29.5 Å². The third kappa shape index (κ3) is 9.89. The molecule has 108 valence electrons. The van der Waals surface area contributed by atoms with Gasteiger partial charge < -0.3 is 9.64 Å². The van der Waals surface area contributed by atoms with Crippen LogP contribution in [-0.4, -0.2) is 42.9 Å². The van der Waals surface area contributed by atoms with E-state index in [2.05, 4.69) is 22.9 Å². The van der Waals surface area contributed by atoms with Gasteiger partial charge in [0.2, 0.25) is 5.91 Å². The van der Waals surface area contributed by atoms with E-state index in [-0.39, 0.29) is 5.91 Å². The average molecular weight is 322 g/mol. The average Bonchev–Trinajstić information content (AvgIpc) is 2.38. The molecule has 0 spiro atoms. The molecule has 3 nitrogen and oxygen atoms in total. The van der Waals surface area contributed by atoms with Crippen molar-refractivity contribution in [1.29, 1.82) is 0 Å². The van der Waals surface area contributed by atoms with Crippen LogP contribution < -0.4 is 0 Å². The Morgan fingerprint density at radius 3 is 2.39 bits per heavy atom. The third-order valence-corrected chi connectivity index (χ3v) is 3.37. The van der Waals surface area contributed by atoms with Crippen molar-refractivity contribution in [2.45, 2.75) is 51.9 Å². The normalized spacial score (nSPS) is 10.6. The van der Waals surface area contributed by atoms with E-state index in [4.69, 9.17) is 4.74 Å². The van der Waals surface area contributed by atoms with E-state index in [1.54, 1.807) is 7.11 Å². The molecule has 0 aliphatic rings. The molecule has 0 unspecified atom stereocenters. The maximum atomic E-state index is 12.0. The molecular weight excluding hydrogens is 294 g/mol. The zero-order valence-corrected chi connectivity index (χ0v) is 13.5. The standard InChI is InChI=1S/C14H28BrNO2/c1-3-4-5-6-7-8-9-14(17)16(11-10-15)12-13-18-2/h3-13H2,1-2H3. The van der Waals surface area contributed by atoms with Crippen LogP contribution >= 0.6 is 15.9 Å². The predicted octanol–water partition coefficient (Wildman–Crippen LogP) is 3.61. The molecule has 1 amide bonds. The summed E-state index contributed by atoms with van der Waals surface area (Å²) in [6.07, 6.45) is 8.04. The van der Waals surface area contributed by atoms with Crippen LogP contribution in [0.5, 0.6) is 0 Å². The van der Waals surface area contributed by atoms with Crippen molar-refractivity contribution in [3.63, 3.8) is 0 Å². The number of alkyl halides is 1. The number of nitrogens with zero attached hydrogens (tertiary/aromatic N) is 1. The minimum atomic E-state index is 0.266. The summed E-state index contributed by atoms with van der Waals surface area (Å²) in [6.45, 7) is 4.32. The van der Waals surface area contributed by atoms with Crippen molar-refractivity contribution in [1.82, 2.24) is 4.90 Å². The summed E-state index contributed by atoms with van der Waals surface area (Å²) in [5, 5.41) is 0.832. The number of amides is 1.